The number of rotatable bonds is 8. The number of nitrogens with zero attached hydrogens (tertiary/aromatic N) is 1. The largest absolute Gasteiger partial charge is 0.497 e. The number of amides is 1. The average molecular weight is 398 g/mol. The Morgan fingerprint density at radius 1 is 1.14 bits per heavy atom. The second-order valence-corrected chi connectivity index (χ2v) is 7.39. The van der Waals surface area contributed by atoms with Crippen molar-refractivity contribution in [2.75, 3.05) is 7.11 Å². The van der Waals surface area contributed by atoms with Crippen LogP contribution in [0.1, 0.15) is 23.9 Å². The third kappa shape index (κ3) is 5.29. The van der Waals surface area contributed by atoms with Crippen LogP contribution in [-0.2, 0) is 27.3 Å². The Kier molecular flexibility index (Phi) is 6.60. The van der Waals surface area contributed by atoms with Gasteiger partial charge in [-0.3, -0.25) is 9.59 Å². The summed E-state index contributed by atoms with van der Waals surface area (Å²) >= 11 is 1.57. The summed E-state index contributed by atoms with van der Waals surface area (Å²) in [4.78, 5) is 28.7. The molecule has 3 aromatic rings. The summed E-state index contributed by atoms with van der Waals surface area (Å²) in [7, 11) is 1.60. The Balaban J connectivity index is 1.42. The fraction of sp³-hybridized carbons (Fsp3) is 0.286. The summed E-state index contributed by atoms with van der Waals surface area (Å²) in [6, 6.07) is 15.2. The topological polar surface area (TPSA) is 77.5 Å². The van der Waals surface area contributed by atoms with Gasteiger partial charge in [-0.15, -0.1) is 11.3 Å². The molecule has 0 bridgehead atoms. The van der Waals surface area contributed by atoms with Crippen LogP contribution in [-0.4, -0.2) is 30.1 Å². The maximum Gasteiger partial charge on any atom is 0.306 e. The van der Waals surface area contributed by atoms with E-state index in [9.17, 15) is 9.59 Å². The molecule has 0 radical (unpaired) electrons. The third-order valence-electron chi connectivity index (χ3n) is 4.18. The molecule has 3 rings (SSSR count). The first kappa shape index (κ1) is 19.8. The highest BCUT2D eigenvalue weighted by Crippen LogP contribution is 2.22. The highest BCUT2D eigenvalue weighted by Gasteiger charge is 2.18. The minimum Gasteiger partial charge on any atom is -0.497 e. The zero-order valence-electron chi connectivity index (χ0n) is 15.8. The fourth-order valence-electron chi connectivity index (χ4n) is 2.62. The Labute approximate surface area is 167 Å². The molecule has 28 heavy (non-hydrogen) atoms. The van der Waals surface area contributed by atoms with Crippen molar-refractivity contribution in [1.29, 1.82) is 0 Å². The van der Waals surface area contributed by atoms with Crippen LogP contribution in [0.15, 0.2) is 48.5 Å². The molecule has 2 aromatic carbocycles. The standard InChI is InChI=1S/C21H22N2O4S/c1-14(21(25)22-13-15-7-9-16(26-2)10-8-15)27-20(24)12-11-19-23-17-5-3-4-6-18(17)28-19/h3-10,14H,11-13H2,1-2H3,(H,22,25)/t14-/m0/s1. The van der Waals surface area contributed by atoms with Crippen LogP contribution in [0.5, 0.6) is 5.75 Å². The predicted octanol–water partition coefficient (Wildman–Crippen LogP) is 3.49. The quantitative estimate of drug-likeness (QED) is 0.588. The number of thiazole rings is 1. The molecule has 1 heterocycles. The van der Waals surface area contributed by atoms with E-state index in [2.05, 4.69) is 10.3 Å². The minimum absolute atomic E-state index is 0.190. The van der Waals surface area contributed by atoms with Crippen LogP contribution < -0.4 is 10.1 Å². The van der Waals surface area contributed by atoms with E-state index < -0.39 is 12.1 Å². The van der Waals surface area contributed by atoms with Gasteiger partial charge in [0.2, 0.25) is 0 Å². The Morgan fingerprint density at radius 2 is 1.89 bits per heavy atom. The van der Waals surface area contributed by atoms with E-state index in [1.165, 1.54) is 0 Å². The number of aromatic nitrogens is 1. The third-order valence-corrected chi connectivity index (χ3v) is 5.28. The molecular formula is C21H22N2O4S. The van der Waals surface area contributed by atoms with Gasteiger partial charge in [0.15, 0.2) is 6.10 Å². The number of esters is 1. The van der Waals surface area contributed by atoms with Crippen molar-refractivity contribution in [3.8, 4) is 5.75 Å². The summed E-state index contributed by atoms with van der Waals surface area (Å²) in [6.45, 7) is 1.93. The van der Waals surface area contributed by atoms with Crippen LogP contribution in [0.3, 0.4) is 0 Å². The maximum atomic E-state index is 12.1. The number of nitrogens with one attached hydrogen (secondary N) is 1. The lowest BCUT2D eigenvalue weighted by Crippen LogP contribution is -2.35. The lowest BCUT2D eigenvalue weighted by Gasteiger charge is -2.13. The van der Waals surface area contributed by atoms with Crippen molar-refractivity contribution in [3.63, 3.8) is 0 Å². The number of benzene rings is 2. The molecule has 7 heteroatoms. The molecular weight excluding hydrogens is 376 g/mol. The SMILES string of the molecule is COc1ccc(CNC(=O)[C@H](C)OC(=O)CCc2nc3ccccc3s2)cc1. The molecule has 0 saturated heterocycles. The van der Waals surface area contributed by atoms with Crippen LogP contribution >= 0.6 is 11.3 Å². The molecule has 1 amide bonds. The number of methoxy groups -OCH3 is 1. The smallest absolute Gasteiger partial charge is 0.306 e. The van der Waals surface area contributed by atoms with Gasteiger partial charge < -0.3 is 14.8 Å². The van der Waals surface area contributed by atoms with E-state index in [1.54, 1.807) is 25.4 Å². The number of hydrogen-bond donors (Lipinski definition) is 1. The van der Waals surface area contributed by atoms with Gasteiger partial charge in [-0.1, -0.05) is 24.3 Å². The van der Waals surface area contributed by atoms with E-state index in [4.69, 9.17) is 9.47 Å². The van der Waals surface area contributed by atoms with Gasteiger partial charge in [-0.2, -0.15) is 0 Å². The molecule has 0 aliphatic carbocycles. The first-order valence-electron chi connectivity index (χ1n) is 8.99. The van der Waals surface area contributed by atoms with Crippen LogP contribution in [0.2, 0.25) is 0 Å². The predicted molar refractivity (Wildman–Crippen MR) is 108 cm³/mol. The highest BCUT2D eigenvalue weighted by molar-refractivity contribution is 7.18. The molecule has 0 saturated carbocycles. The maximum absolute atomic E-state index is 12.1. The molecule has 1 atom stereocenters. The van der Waals surface area contributed by atoms with E-state index in [0.717, 1.165) is 26.5 Å². The molecule has 0 spiro atoms. The van der Waals surface area contributed by atoms with Crippen LogP contribution in [0.4, 0.5) is 0 Å². The second-order valence-electron chi connectivity index (χ2n) is 6.27. The summed E-state index contributed by atoms with van der Waals surface area (Å²) in [6.07, 6.45) is -0.157. The van der Waals surface area contributed by atoms with E-state index in [-0.39, 0.29) is 12.3 Å². The minimum atomic E-state index is -0.846. The molecule has 146 valence electrons. The second kappa shape index (κ2) is 9.32. The van der Waals surface area contributed by atoms with Crippen molar-refractivity contribution in [2.45, 2.75) is 32.4 Å². The Morgan fingerprint density at radius 3 is 2.61 bits per heavy atom. The first-order chi connectivity index (χ1) is 13.5. The molecule has 0 unspecified atom stereocenters. The molecule has 1 aromatic heterocycles. The number of fused-ring (bicyclic) bond motifs is 1. The number of para-hydroxylation sites is 1. The number of carbonyl (C=O) groups is 2. The first-order valence-corrected chi connectivity index (χ1v) is 9.81. The van der Waals surface area contributed by atoms with Crippen molar-refractivity contribution < 1.29 is 19.1 Å². The highest BCUT2D eigenvalue weighted by atomic mass is 32.1. The Bertz CT molecular complexity index is 919. The van der Waals surface area contributed by atoms with Crippen molar-refractivity contribution >= 4 is 33.4 Å². The lowest BCUT2D eigenvalue weighted by atomic mass is 10.2. The monoisotopic (exact) mass is 398 g/mol. The molecule has 1 N–H and O–H groups in total. The molecule has 0 fully saturated rings. The molecule has 0 aliphatic rings. The number of hydrogen-bond acceptors (Lipinski definition) is 6. The van der Waals surface area contributed by atoms with E-state index >= 15 is 0 Å². The molecule has 6 nitrogen and oxygen atoms in total. The van der Waals surface area contributed by atoms with Gasteiger partial charge in [0.1, 0.15) is 5.75 Å². The summed E-state index contributed by atoms with van der Waals surface area (Å²) in [5.74, 6) is 0.0148. The molecule has 0 aliphatic heterocycles. The summed E-state index contributed by atoms with van der Waals surface area (Å²) in [5.41, 5.74) is 1.87. The average Bonchev–Trinajstić information content (AvgIpc) is 3.14. The van der Waals surface area contributed by atoms with Crippen molar-refractivity contribution in [2.24, 2.45) is 0 Å². The van der Waals surface area contributed by atoms with E-state index in [1.807, 2.05) is 48.5 Å². The van der Waals surface area contributed by atoms with Gasteiger partial charge in [0.05, 0.1) is 28.8 Å². The van der Waals surface area contributed by atoms with Crippen molar-refractivity contribution in [1.82, 2.24) is 10.3 Å². The zero-order valence-corrected chi connectivity index (χ0v) is 16.6. The number of ether oxygens (including phenoxy) is 2. The number of aryl methyl sites for hydroxylation is 1. The summed E-state index contributed by atoms with van der Waals surface area (Å²) < 4.78 is 11.4. The van der Waals surface area contributed by atoms with Crippen LogP contribution in [0.25, 0.3) is 10.2 Å². The normalized spacial score (nSPS) is 11.8. The van der Waals surface area contributed by atoms with Gasteiger partial charge in [0, 0.05) is 13.0 Å². The number of carbonyl (C=O) groups excluding carboxylic acids is 2. The van der Waals surface area contributed by atoms with Crippen molar-refractivity contribution in [3.05, 3.63) is 59.1 Å². The van der Waals surface area contributed by atoms with Gasteiger partial charge in [-0.25, -0.2) is 4.98 Å². The van der Waals surface area contributed by atoms with Gasteiger partial charge in [0.25, 0.3) is 5.91 Å². The lowest BCUT2D eigenvalue weighted by molar-refractivity contribution is -0.154. The van der Waals surface area contributed by atoms with Crippen LogP contribution in [0, 0.1) is 0 Å². The Hall–Kier alpha value is -2.93. The summed E-state index contributed by atoms with van der Waals surface area (Å²) in [5, 5.41) is 3.65. The van der Waals surface area contributed by atoms with Gasteiger partial charge >= 0.3 is 5.97 Å². The zero-order chi connectivity index (χ0) is 19.9. The fourth-order valence-corrected chi connectivity index (χ4v) is 3.59. The van der Waals surface area contributed by atoms with Gasteiger partial charge in [-0.05, 0) is 36.8 Å². The van der Waals surface area contributed by atoms with E-state index in [0.29, 0.717) is 13.0 Å².